The molecule has 83 heavy (non-hydrogen) atoms. The largest absolute Gasteiger partial charge is 0.436 e. The van der Waals surface area contributed by atoms with Gasteiger partial charge in [-0.25, -0.2) is 9.97 Å². The molecule has 0 aliphatic rings. The van der Waals surface area contributed by atoms with Gasteiger partial charge in [0.1, 0.15) is 23.2 Å². The Morgan fingerprint density at radius 2 is 0.831 bits per heavy atom. The molecule has 420 valence electrons. The first-order valence-electron chi connectivity index (χ1n) is 29.1. The van der Waals surface area contributed by atoms with Crippen LogP contribution in [0.15, 0.2) is 258 Å². The lowest BCUT2D eigenvalue weighted by Crippen LogP contribution is -2.62. The zero-order chi connectivity index (χ0) is 56.3. The average molecular weight is 1100 g/mol. The van der Waals surface area contributed by atoms with E-state index in [0.29, 0.717) is 31.6 Å². The van der Waals surface area contributed by atoms with Gasteiger partial charge >= 0.3 is 0 Å². The van der Waals surface area contributed by atoms with E-state index in [1.165, 1.54) is 11.1 Å². The third-order valence-corrected chi connectivity index (χ3v) is 15.3. The summed E-state index contributed by atoms with van der Waals surface area (Å²) >= 11 is 0. The van der Waals surface area contributed by atoms with Gasteiger partial charge in [0.2, 0.25) is 11.8 Å². The molecule has 4 atom stereocenters. The van der Waals surface area contributed by atoms with E-state index in [-0.39, 0.29) is 19.8 Å². The van der Waals surface area contributed by atoms with Gasteiger partial charge < -0.3 is 33.5 Å². The molecule has 10 heteroatoms. The third-order valence-electron chi connectivity index (χ3n) is 15.3. The predicted molar refractivity (Wildman–Crippen MR) is 331 cm³/mol. The van der Waals surface area contributed by atoms with Gasteiger partial charge in [0.15, 0.2) is 11.2 Å². The van der Waals surface area contributed by atoms with Crippen molar-refractivity contribution in [2.45, 2.75) is 81.6 Å². The normalized spacial score (nSPS) is 13.3. The maximum atomic E-state index is 7.54. The van der Waals surface area contributed by atoms with Crippen LogP contribution < -0.4 is 11.1 Å². The molecule has 2 heterocycles. The van der Waals surface area contributed by atoms with Gasteiger partial charge in [0, 0.05) is 24.3 Å². The summed E-state index contributed by atoms with van der Waals surface area (Å²) in [6, 6.07) is 84.1. The Hall–Kier alpha value is -8.32. The van der Waals surface area contributed by atoms with Crippen LogP contribution in [0.25, 0.3) is 45.1 Å². The molecular weight excluding hydrogens is 1030 g/mol. The number of hydrogen-bond acceptors (Lipinski definition) is 10. The van der Waals surface area contributed by atoms with Crippen molar-refractivity contribution in [3.8, 4) is 22.9 Å². The Balaban J connectivity index is 0.943. The molecule has 11 aromatic rings. The van der Waals surface area contributed by atoms with E-state index in [1.807, 2.05) is 72.8 Å². The second kappa shape index (κ2) is 28.6. The highest BCUT2D eigenvalue weighted by atomic mass is 16.5. The molecule has 0 spiro atoms. The van der Waals surface area contributed by atoms with Crippen molar-refractivity contribution in [3.63, 3.8) is 0 Å². The molecule has 0 bridgehead atoms. The summed E-state index contributed by atoms with van der Waals surface area (Å²) < 4.78 is 40.5. The highest BCUT2D eigenvalue weighted by molar-refractivity contribution is 5.77. The molecule has 11 rings (SSSR count). The fraction of sp³-hybridized carbons (Fsp3) is 0.233. The molecule has 3 N–H and O–H groups in total. The number of nitrogens with two attached hydrogens (primary N) is 1. The van der Waals surface area contributed by atoms with E-state index in [0.717, 1.165) is 99.7 Å². The van der Waals surface area contributed by atoms with Crippen LogP contribution >= 0.6 is 0 Å². The van der Waals surface area contributed by atoms with Gasteiger partial charge in [-0.15, -0.1) is 0 Å². The SMILES string of the molecule is NC(COCCCCc1ccccc1)C(OCc1ccc(-c2nc3ccccc3o2)cc1)C(OCCCCc1ccccc1)C(COCc1ccc(-c2nc3ccccc3o2)cc1)NC(c1ccccc1)(c1ccccc1)c1ccccc1. The highest BCUT2D eigenvalue weighted by Crippen LogP contribution is 2.39. The van der Waals surface area contributed by atoms with E-state index in [1.54, 1.807) is 0 Å². The van der Waals surface area contributed by atoms with Crippen LogP contribution in [-0.2, 0) is 50.5 Å². The molecule has 0 aliphatic carbocycles. The monoisotopic (exact) mass is 1100 g/mol. The van der Waals surface area contributed by atoms with Crippen LogP contribution in [0.1, 0.15) is 64.6 Å². The lowest BCUT2D eigenvalue weighted by Gasteiger charge is -2.44. The molecule has 0 fully saturated rings. The number of aryl methyl sites for hydroxylation is 2. The van der Waals surface area contributed by atoms with Crippen molar-refractivity contribution in [1.82, 2.24) is 15.3 Å². The fourth-order valence-corrected chi connectivity index (χ4v) is 11.0. The molecule has 0 aliphatic heterocycles. The number of rotatable bonds is 30. The van der Waals surface area contributed by atoms with Gasteiger partial charge in [0.05, 0.1) is 44.1 Å². The summed E-state index contributed by atoms with van der Waals surface area (Å²) in [5.74, 6) is 1.13. The molecule has 2 aromatic heterocycles. The predicted octanol–water partition coefficient (Wildman–Crippen LogP) is 15.1. The van der Waals surface area contributed by atoms with Gasteiger partial charge in [0.25, 0.3) is 0 Å². The number of unbranched alkanes of at least 4 members (excludes halogenated alkanes) is 2. The number of ether oxygens (including phenoxy) is 4. The maximum Gasteiger partial charge on any atom is 0.227 e. The molecule has 0 amide bonds. The van der Waals surface area contributed by atoms with Crippen molar-refractivity contribution in [2.24, 2.45) is 5.73 Å². The number of benzene rings is 9. The second-order valence-electron chi connectivity index (χ2n) is 21.2. The first kappa shape index (κ1) is 56.5. The molecule has 9 aromatic carbocycles. The molecule has 0 saturated carbocycles. The summed E-state index contributed by atoms with van der Waals surface area (Å²) in [6.45, 7) is 2.06. The quantitative estimate of drug-likeness (QED) is 0.0332. The van der Waals surface area contributed by atoms with Crippen LogP contribution in [0.5, 0.6) is 0 Å². The van der Waals surface area contributed by atoms with Crippen LogP contribution in [0, 0.1) is 0 Å². The molecule has 10 nitrogen and oxygen atoms in total. The minimum absolute atomic E-state index is 0.224. The van der Waals surface area contributed by atoms with Crippen molar-refractivity contribution in [1.29, 1.82) is 0 Å². The summed E-state index contributed by atoms with van der Waals surface area (Å²) in [7, 11) is 0. The van der Waals surface area contributed by atoms with Crippen molar-refractivity contribution in [3.05, 3.63) is 288 Å². The first-order valence-corrected chi connectivity index (χ1v) is 29.1. The van der Waals surface area contributed by atoms with Crippen molar-refractivity contribution in [2.75, 3.05) is 26.4 Å². The molecule has 0 radical (unpaired) electrons. The lowest BCUT2D eigenvalue weighted by molar-refractivity contribution is -0.122. The van der Waals surface area contributed by atoms with E-state index < -0.39 is 29.8 Å². The van der Waals surface area contributed by atoms with Crippen molar-refractivity contribution < 1.29 is 27.8 Å². The summed E-state index contributed by atoms with van der Waals surface area (Å²) in [5, 5.41) is 4.32. The van der Waals surface area contributed by atoms with Crippen LogP contribution in [0.4, 0.5) is 0 Å². The number of oxazole rings is 2. The third kappa shape index (κ3) is 14.7. The topological polar surface area (TPSA) is 127 Å². The zero-order valence-corrected chi connectivity index (χ0v) is 46.9. The van der Waals surface area contributed by atoms with Crippen LogP contribution in [0.3, 0.4) is 0 Å². The summed E-state index contributed by atoms with van der Waals surface area (Å²) in [5.41, 5.74) is 19.3. The van der Waals surface area contributed by atoms with E-state index in [2.05, 4.69) is 181 Å². The molecule has 4 unspecified atom stereocenters. The number of fused-ring (bicyclic) bond motifs is 2. The van der Waals surface area contributed by atoms with Crippen LogP contribution in [0.2, 0.25) is 0 Å². The van der Waals surface area contributed by atoms with Gasteiger partial charge in [-0.2, -0.15) is 0 Å². The molecule has 0 saturated heterocycles. The summed E-state index contributed by atoms with van der Waals surface area (Å²) in [4.78, 5) is 9.52. The lowest BCUT2D eigenvalue weighted by atomic mass is 9.76. The van der Waals surface area contributed by atoms with E-state index >= 15 is 0 Å². The van der Waals surface area contributed by atoms with Crippen LogP contribution in [-0.4, -0.2) is 60.7 Å². The van der Waals surface area contributed by atoms with E-state index in [4.69, 9.17) is 43.5 Å². The highest BCUT2D eigenvalue weighted by Gasteiger charge is 2.44. The van der Waals surface area contributed by atoms with Gasteiger partial charge in [-0.05, 0) is 126 Å². The molecular formula is C73H72N4O6. The number of para-hydroxylation sites is 4. The van der Waals surface area contributed by atoms with Crippen molar-refractivity contribution >= 4 is 22.2 Å². The number of nitrogens with one attached hydrogen (secondary N) is 1. The number of aromatic nitrogens is 2. The Labute approximate surface area is 487 Å². The van der Waals surface area contributed by atoms with E-state index in [9.17, 15) is 0 Å². The minimum atomic E-state index is -0.904. The fourth-order valence-electron chi connectivity index (χ4n) is 11.0. The minimum Gasteiger partial charge on any atom is -0.436 e. The average Bonchev–Trinajstić information content (AvgIpc) is 4.38. The van der Waals surface area contributed by atoms with Gasteiger partial charge in [-0.3, -0.25) is 5.32 Å². The van der Waals surface area contributed by atoms with Gasteiger partial charge in [-0.1, -0.05) is 200 Å². The Kier molecular flexibility index (Phi) is 19.5. The Bertz CT molecular complexity index is 3490. The standard InChI is InChI=1S/C73H72N4O6/c74-63(52-78-48-22-20-28-54-24-6-1-7-25-54)69(81-51-57-42-46-59(47-43-57)72-76-65-37-17-19-39-68(65)83-72)70(80-49-23-21-29-55-26-8-2-9-27-55)66(53-79-50-56-40-44-58(45-41-56)71-75-64-36-16-18-38-67(64)82-71)77-73(60-30-10-3-11-31-60,61-32-12-4-13-33-61)62-34-14-5-15-35-62/h1-19,24-27,30-47,63,66,69-70,77H,20-23,28-29,48-53,74H2. The number of nitrogens with zero attached hydrogens (tertiary/aromatic N) is 2. The Morgan fingerprint density at radius 3 is 1.31 bits per heavy atom. The summed E-state index contributed by atoms with van der Waals surface area (Å²) in [6.07, 6.45) is 4.18. The first-order chi connectivity index (χ1) is 41.1. The smallest absolute Gasteiger partial charge is 0.227 e. The number of hydrogen-bond donors (Lipinski definition) is 2. The second-order valence-corrected chi connectivity index (χ2v) is 21.2. The maximum absolute atomic E-state index is 7.54. The Morgan fingerprint density at radius 1 is 0.398 bits per heavy atom. The zero-order valence-electron chi connectivity index (χ0n) is 46.9.